The van der Waals surface area contributed by atoms with E-state index in [1.165, 1.54) is 218 Å². The molecule has 0 heterocycles. The van der Waals surface area contributed by atoms with Crippen molar-refractivity contribution in [1.82, 2.24) is 4.90 Å². The van der Waals surface area contributed by atoms with E-state index in [0.29, 0.717) is 12.5 Å². The monoisotopic (exact) mass is 788 g/mol. The van der Waals surface area contributed by atoms with Crippen molar-refractivity contribution in [3.63, 3.8) is 0 Å². The van der Waals surface area contributed by atoms with Crippen LogP contribution >= 0.6 is 0 Å². The van der Waals surface area contributed by atoms with Gasteiger partial charge < -0.3 is 19.5 Å². The third kappa shape index (κ3) is 31.9. The van der Waals surface area contributed by atoms with Crippen LogP contribution in [0.3, 0.4) is 0 Å². The number of nitrogens with zero attached hydrogens (tertiary/aromatic N) is 1. The molecule has 0 aromatic rings. The van der Waals surface area contributed by atoms with Crippen molar-refractivity contribution >= 4 is 0 Å². The minimum absolute atomic E-state index is 0.291. The summed E-state index contributed by atoms with van der Waals surface area (Å²) < 4.78 is 13.0. The molecule has 0 aromatic carbocycles. The molecule has 1 N–H and O–H groups in total. The third-order valence-corrected chi connectivity index (χ3v) is 12.7. The minimum Gasteiger partial charge on any atom is -0.498 e. The van der Waals surface area contributed by atoms with Crippen molar-refractivity contribution < 1.29 is 14.6 Å². The number of aliphatic hydroxyl groups excluding tert-OH is 1. The van der Waals surface area contributed by atoms with Gasteiger partial charge in [-0.3, -0.25) is 0 Å². The first-order valence-corrected chi connectivity index (χ1v) is 25.5. The lowest BCUT2D eigenvalue weighted by atomic mass is 9.89. The van der Waals surface area contributed by atoms with Crippen molar-refractivity contribution in [3.8, 4) is 0 Å². The molecule has 4 nitrogen and oxygen atoms in total. The zero-order valence-electron chi connectivity index (χ0n) is 38.8. The van der Waals surface area contributed by atoms with Crippen LogP contribution in [-0.2, 0) is 9.47 Å². The van der Waals surface area contributed by atoms with E-state index >= 15 is 0 Å². The van der Waals surface area contributed by atoms with Gasteiger partial charge in [0.2, 0.25) is 0 Å². The number of ether oxygens (including phenoxy) is 2. The van der Waals surface area contributed by atoms with E-state index < -0.39 is 0 Å². The van der Waals surface area contributed by atoms with E-state index in [-0.39, 0.29) is 0 Å². The van der Waals surface area contributed by atoms with Crippen molar-refractivity contribution in [2.75, 3.05) is 39.5 Å². The van der Waals surface area contributed by atoms with Gasteiger partial charge in [0.25, 0.3) is 0 Å². The molecule has 0 saturated heterocycles. The molecule has 2 atom stereocenters. The topological polar surface area (TPSA) is 41.9 Å². The van der Waals surface area contributed by atoms with Gasteiger partial charge in [0.1, 0.15) is 0 Å². The summed E-state index contributed by atoms with van der Waals surface area (Å²) >= 11 is 0. The average Bonchev–Trinajstić information content (AvgIpc) is 3.18. The molecular weight excluding hydrogens is 687 g/mol. The van der Waals surface area contributed by atoms with Crippen LogP contribution in [0.2, 0.25) is 0 Å². The van der Waals surface area contributed by atoms with Crippen molar-refractivity contribution in [3.05, 3.63) is 23.7 Å². The van der Waals surface area contributed by atoms with Crippen molar-refractivity contribution in [2.45, 2.75) is 259 Å². The molecule has 0 aliphatic heterocycles. The molecule has 1 saturated carbocycles. The summed E-state index contributed by atoms with van der Waals surface area (Å²) in [7, 11) is 0. The van der Waals surface area contributed by atoms with Crippen LogP contribution in [0.4, 0.5) is 0 Å². The lowest BCUT2D eigenvalue weighted by Crippen LogP contribution is -2.28. The second-order valence-electron chi connectivity index (χ2n) is 18.1. The predicted molar refractivity (Wildman–Crippen MR) is 247 cm³/mol. The quantitative estimate of drug-likeness (QED) is 0.0493. The third-order valence-electron chi connectivity index (χ3n) is 12.7. The number of hydrogen-bond donors (Lipinski definition) is 1. The first-order chi connectivity index (χ1) is 27.6. The highest BCUT2D eigenvalue weighted by molar-refractivity contribution is 5.15. The van der Waals surface area contributed by atoms with Crippen LogP contribution in [0.15, 0.2) is 23.7 Å². The maximum atomic E-state index is 9.57. The van der Waals surface area contributed by atoms with Crippen molar-refractivity contribution in [2.24, 2.45) is 11.8 Å². The Hall–Kier alpha value is -1.00. The van der Waals surface area contributed by atoms with Crippen LogP contribution in [-0.4, -0.2) is 49.5 Å². The number of hydrogen-bond acceptors (Lipinski definition) is 4. The lowest BCUT2D eigenvalue weighted by Gasteiger charge is -2.25. The molecular formula is C52H101NO3. The van der Waals surface area contributed by atoms with Gasteiger partial charge >= 0.3 is 0 Å². The second-order valence-corrected chi connectivity index (χ2v) is 18.1. The standard InChI is InChI=1S/C52H101NO3/c1-6-10-14-18-20-27-37-49(35-25-16-12-8-3)46-55-48(5)34-24-22-30-42-53(44-33-45-54)43-31-23-29-41-52(51-39-32-40-51)56-47-50(36-26-17-13-9-4)38-28-21-19-15-11-7-2/h49-50,54H,5-47H2,1-4H3. The lowest BCUT2D eigenvalue weighted by molar-refractivity contribution is 0.137. The van der Waals surface area contributed by atoms with Gasteiger partial charge in [-0.15, -0.1) is 0 Å². The SMILES string of the molecule is C=C(CCCCCN(CCCO)CCCCCC(OCC(CCCCCC)CCCCCCCC)=C1CCC1)OCC(CCCCCC)CCCCCCCC. The molecule has 1 aliphatic rings. The summed E-state index contributed by atoms with van der Waals surface area (Å²) in [6, 6.07) is 0. The first kappa shape index (κ1) is 53.0. The normalized spacial score (nSPS) is 13.9. The number of rotatable bonds is 45. The summed E-state index contributed by atoms with van der Waals surface area (Å²) in [4.78, 5) is 2.61. The number of aliphatic hydroxyl groups is 1. The Labute approximate surface area is 352 Å². The van der Waals surface area contributed by atoms with Crippen LogP contribution in [0.5, 0.6) is 0 Å². The van der Waals surface area contributed by atoms with E-state index in [1.807, 2.05) is 0 Å². The van der Waals surface area contributed by atoms with E-state index in [0.717, 1.165) is 63.8 Å². The number of allylic oxidation sites excluding steroid dienone is 3. The summed E-state index contributed by atoms with van der Waals surface area (Å²) in [6.45, 7) is 19.0. The van der Waals surface area contributed by atoms with Gasteiger partial charge in [-0.25, -0.2) is 0 Å². The van der Waals surface area contributed by atoms with Gasteiger partial charge in [-0.1, -0.05) is 176 Å². The van der Waals surface area contributed by atoms with Gasteiger partial charge in [0.15, 0.2) is 0 Å². The molecule has 0 amide bonds. The predicted octanol–water partition coefficient (Wildman–Crippen LogP) is 16.5. The summed E-state index contributed by atoms with van der Waals surface area (Å²) in [6.07, 6.45) is 47.0. The molecule has 4 heteroatoms. The Morgan fingerprint density at radius 3 is 1.34 bits per heavy atom. The van der Waals surface area contributed by atoms with E-state index in [2.05, 4.69) is 39.2 Å². The van der Waals surface area contributed by atoms with Gasteiger partial charge in [0.05, 0.1) is 24.7 Å². The van der Waals surface area contributed by atoms with Crippen LogP contribution in [0.25, 0.3) is 0 Å². The van der Waals surface area contributed by atoms with E-state index in [9.17, 15) is 5.11 Å². The van der Waals surface area contributed by atoms with Gasteiger partial charge in [-0.05, 0) is 108 Å². The Balaban J connectivity index is 2.39. The molecule has 0 spiro atoms. The maximum Gasteiger partial charge on any atom is 0.0951 e. The van der Waals surface area contributed by atoms with Crippen LogP contribution < -0.4 is 0 Å². The fourth-order valence-electron chi connectivity index (χ4n) is 8.54. The zero-order chi connectivity index (χ0) is 40.6. The summed E-state index contributed by atoms with van der Waals surface area (Å²) in [5.74, 6) is 3.81. The highest BCUT2D eigenvalue weighted by atomic mass is 16.5. The fourth-order valence-corrected chi connectivity index (χ4v) is 8.54. The molecule has 1 fully saturated rings. The molecule has 56 heavy (non-hydrogen) atoms. The highest BCUT2D eigenvalue weighted by Gasteiger charge is 2.18. The largest absolute Gasteiger partial charge is 0.498 e. The Kier molecular flexibility index (Phi) is 38.6. The van der Waals surface area contributed by atoms with Gasteiger partial charge in [-0.2, -0.15) is 0 Å². The summed E-state index contributed by atoms with van der Waals surface area (Å²) in [5.41, 5.74) is 1.63. The molecule has 2 unspecified atom stereocenters. The van der Waals surface area contributed by atoms with E-state index in [4.69, 9.17) is 9.47 Å². The zero-order valence-corrected chi connectivity index (χ0v) is 38.8. The summed E-state index contributed by atoms with van der Waals surface area (Å²) in [5, 5.41) is 9.57. The minimum atomic E-state index is 0.291. The molecule has 0 bridgehead atoms. The fraction of sp³-hybridized carbons (Fsp3) is 0.923. The maximum absolute atomic E-state index is 9.57. The van der Waals surface area contributed by atoms with E-state index in [1.54, 1.807) is 5.57 Å². The van der Waals surface area contributed by atoms with Crippen LogP contribution in [0, 0.1) is 11.8 Å². The molecule has 1 aliphatic carbocycles. The Morgan fingerprint density at radius 1 is 0.500 bits per heavy atom. The molecule has 332 valence electrons. The molecule has 0 radical (unpaired) electrons. The average molecular weight is 788 g/mol. The Bertz CT molecular complexity index is 864. The number of unbranched alkanes of at least 4 members (excludes halogenated alkanes) is 20. The second kappa shape index (κ2) is 40.8. The van der Waals surface area contributed by atoms with Crippen molar-refractivity contribution in [1.29, 1.82) is 0 Å². The molecule has 0 aromatic heterocycles. The smallest absolute Gasteiger partial charge is 0.0951 e. The van der Waals surface area contributed by atoms with Gasteiger partial charge in [0, 0.05) is 26.0 Å². The highest BCUT2D eigenvalue weighted by Crippen LogP contribution is 2.33. The molecule has 1 rings (SSSR count). The first-order valence-electron chi connectivity index (χ1n) is 25.5. The van der Waals surface area contributed by atoms with Crippen LogP contribution in [0.1, 0.15) is 259 Å². The Morgan fingerprint density at radius 2 is 0.893 bits per heavy atom.